The summed E-state index contributed by atoms with van der Waals surface area (Å²) in [6, 6.07) is 9.91. The molecule has 1 aliphatic heterocycles. The smallest absolute Gasteiger partial charge is 0.254 e. The van der Waals surface area contributed by atoms with Crippen molar-refractivity contribution in [3.63, 3.8) is 0 Å². The van der Waals surface area contributed by atoms with Crippen molar-refractivity contribution in [1.82, 2.24) is 10.2 Å². The van der Waals surface area contributed by atoms with Crippen LogP contribution in [-0.2, 0) is 0 Å². The molecule has 0 bridgehead atoms. The first-order valence-electron chi connectivity index (χ1n) is 8.25. The number of nitrogens with one attached hydrogen (secondary N) is 1. The lowest BCUT2D eigenvalue weighted by Crippen LogP contribution is -2.46. The molecule has 2 aromatic rings. The van der Waals surface area contributed by atoms with Gasteiger partial charge in [0.25, 0.3) is 11.8 Å². The Morgan fingerprint density at radius 3 is 2.46 bits per heavy atom. The minimum absolute atomic E-state index is 0.0549. The maximum atomic E-state index is 13.7. The van der Waals surface area contributed by atoms with Gasteiger partial charge in [-0.2, -0.15) is 0 Å². The van der Waals surface area contributed by atoms with E-state index in [9.17, 15) is 18.4 Å². The first-order valence-corrected chi connectivity index (χ1v) is 9.04. The number of rotatable bonds is 3. The summed E-state index contributed by atoms with van der Waals surface area (Å²) >= 11 is 3.35. The van der Waals surface area contributed by atoms with E-state index in [0.29, 0.717) is 37.6 Å². The summed E-state index contributed by atoms with van der Waals surface area (Å²) in [6.45, 7) is 1.00. The van der Waals surface area contributed by atoms with Gasteiger partial charge in [-0.3, -0.25) is 9.59 Å². The number of likely N-dealkylation sites (tertiary alicyclic amines) is 1. The molecule has 2 aromatic carbocycles. The van der Waals surface area contributed by atoms with Crippen LogP contribution in [0, 0.1) is 11.6 Å². The van der Waals surface area contributed by atoms with Gasteiger partial charge in [0.05, 0.1) is 5.56 Å². The molecule has 0 saturated carbocycles. The molecular weight excluding hydrogens is 406 g/mol. The Labute approximate surface area is 158 Å². The number of piperidine rings is 1. The fourth-order valence-electron chi connectivity index (χ4n) is 2.97. The zero-order valence-electron chi connectivity index (χ0n) is 13.8. The number of hydrogen-bond donors (Lipinski definition) is 1. The third kappa shape index (κ3) is 4.27. The second kappa shape index (κ2) is 7.95. The van der Waals surface area contributed by atoms with Gasteiger partial charge in [-0.25, -0.2) is 8.78 Å². The third-order valence-electron chi connectivity index (χ3n) is 4.36. The Kier molecular flexibility index (Phi) is 5.66. The lowest BCUT2D eigenvalue weighted by Gasteiger charge is -2.32. The van der Waals surface area contributed by atoms with E-state index in [1.54, 1.807) is 17.0 Å². The van der Waals surface area contributed by atoms with Crippen molar-refractivity contribution in [1.29, 1.82) is 0 Å². The van der Waals surface area contributed by atoms with E-state index in [0.717, 1.165) is 16.6 Å². The molecule has 0 aliphatic carbocycles. The normalized spacial score (nSPS) is 15.0. The zero-order valence-corrected chi connectivity index (χ0v) is 15.4. The van der Waals surface area contributed by atoms with Gasteiger partial charge in [0.2, 0.25) is 0 Å². The molecule has 1 saturated heterocycles. The number of carbonyl (C=O) groups excluding carboxylic acids is 2. The predicted octanol–water partition coefficient (Wildman–Crippen LogP) is 3.76. The summed E-state index contributed by atoms with van der Waals surface area (Å²) < 4.78 is 27.5. The molecular formula is C19H17BrF2N2O2. The average Bonchev–Trinajstić information content (AvgIpc) is 2.61. The minimum Gasteiger partial charge on any atom is -0.349 e. The second-order valence-corrected chi connectivity index (χ2v) is 7.09. The van der Waals surface area contributed by atoms with E-state index in [1.807, 2.05) is 12.1 Å². The van der Waals surface area contributed by atoms with Crippen LogP contribution in [0.3, 0.4) is 0 Å². The van der Waals surface area contributed by atoms with Gasteiger partial charge < -0.3 is 10.2 Å². The molecule has 0 atom stereocenters. The van der Waals surface area contributed by atoms with Crippen LogP contribution in [0.1, 0.15) is 33.6 Å². The number of amides is 2. The van der Waals surface area contributed by atoms with Crippen LogP contribution in [-0.4, -0.2) is 35.8 Å². The monoisotopic (exact) mass is 422 g/mol. The third-order valence-corrected chi connectivity index (χ3v) is 4.86. The van der Waals surface area contributed by atoms with E-state index in [2.05, 4.69) is 21.2 Å². The maximum absolute atomic E-state index is 13.7. The highest BCUT2D eigenvalue weighted by molar-refractivity contribution is 9.10. The maximum Gasteiger partial charge on any atom is 0.254 e. The summed E-state index contributed by atoms with van der Waals surface area (Å²) in [6.07, 6.45) is 1.16. The van der Waals surface area contributed by atoms with Crippen LogP contribution in [0.4, 0.5) is 8.78 Å². The van der Waals surface area contributed by atoms with Gasteiger partial charge in [0, 0.05) is 35.2 Å². The average molecular weight is 423 g/mol. The Morgan fingerprint density at radius 1 is 1.08 bits per heavy atom. The lowest BCUT2D eigenvalue weighted by atomic mass is 10.0. The number of hydrogen-bond acceptors (Lipinski definition) is 2. The molecule has 7 heteroatoms. The predicted molar refractivity (Wildman–Crippen MR) is 96.9 cm³/mol. The number of benzene rings is 2. The summed E-state index contributed by atoms with van der Waals surface area (Å²) in [4.78, 5) is 26.4. The van der Waals surface area contributed by atoms with Gasteiger partial charge >= 0.3 is 0 Å². The van der Waals surface area contributed by atoms with Crippen molar-refractivity contribution in [2.45, 2.75) is 18.9 Å². The molecule has 1 fully saturated rings. The fraction of sp³-hybridized carbons (Fsp3) is 0.263. The lowest BCUT2D eigenvalue weighted by molar-refractivity contribution is 0.0698. The van der Waals surface area contributed by atoms with Crippen molar-refractivity contribution in [2.75, 3.05) is 13.1 Å². The van der Waals surface area contributed by atoms with Crippen molar-refractivity contribution in [3.05, 3.63) is 69.7 Å². The Balaban J connectivity index is 1.57. The number of carbonyl (C=O) groups is 2. The Morgan fingerprint density at radius 2 is 1.81 bits per heavy atom. The Bertz CT molecular complexity index is 836. The molecule has 0 aromatic heterocycles. The summed E-state index contributed by atoms with van der Waals surface area (Å²) in [5.41, 5.74) is 0.425. The first kappa shape index (κ1) is 18.5. The molecule has 4 nitrogen and oxygen atoms in total. The fourth-order valence-corrected chi connectivity index (χ4v) is 3.37. The molecule has 136 valence electrons. The molecule has 1 N–H and O–H groups in total. The SMILES string of the molecule is O=C(NC1CCN(C(=O)c2cccc(Br)c2)CC1)c1ccc(F)cc1F. The summed E-state index contributed by atoms with van der Waals surface area (Å²) in [5, 5.41) is 2.76. The highest BCUT2D eigenvalue weighted by Gasteiger charge is 2.25. The van der Waals surface area contributed by atoms with Gasteiger partial charge in [0.1, 0.15) is 11.6 Å². The molecule has 0 radical (unpaired) electrons. The van der Waals surface area contributed by atoms with Crippen molar-refractivity contribution >= 4 is 27.7 Å². The first-order chi connectivity index (χ1) is 12.4. The number of nitrogens with zero attached hydrogens (tertiary/aromatic N) is 1. The molecule has 1 aliphatic rings. The van der Waals surface area contributed by atoms with Crippen LogP contribution in [0.2, 0.25) is 0 Å². The molecule has 2 amide bonds. The van der Waals surface area contributed by atoms with E-state index in [1.165, 1.54) is 0 Å². The zero-order chi connectivity index (χ0) is 18.7. The highest BCUT2D eigenvalue weighted by atomic mass is 79.9. The molecule has 3 rings (SSSR count). The van der Waals surface area contributed by atoms with Crippen molar-refractivity contribution < 1.29 is 18.4 Å². The van der Waals surface area contributed by atoms with Gasteiger partial charge in [-0.05, 0) is 43.2 Å². The highest BCUT2D eigenvalue weighted by Crippen LogP contribution is 2.18. The standard InChI is InChI=1S/C19H17BrF2N2O2/c20-13-3-1-2-12(10-13)19(26)24-8-6-15(7-9-24)23-18(25)16-5-4-14(21)11-17(16)22/h1-5,10-11,15H,6-9H2,(H,23,25). The summed E-state index contributed by atoms with van der Waals surface area (Å²) in [7, 11) is 0. The van der Waals surface area contributed by atoms with Crippen molar-refractivity contribution in [2.24, 2.45) is 0 Å². The van der Waals surface area contributed by atoms with Gasteiger partial charge in [0.15, 0.2) is 0 Å². The molecule has 26 heavy (non-hydrogen) atoms. The van der Waals surface area contributed by atoms with Crippen LogP contribution < -0.4 is 5.32 Å². The minimum atomic E-state index is -0.884. The topological polar surface area (TPSA) is 49.4 Å². The Hall–Kier alpha value is -2.28. The van der Waals surface area contributed by atoms with E-state index < -0.39 is 17.5 Å². The van der Waals surface area contributed by atoms with Gasteiger partial charge in [-0.1, -0.05) is 22.0 Å². The van der Waals surface area contributed by atoms with Crippen LogP contribution in [0.25, 0.3) is 0 Å². The van der Waals surface area contributed by atoms with Crippen LogP contribution in [0.5, 0.6) is 0 Å². The van der Waals surface area contributed by atoms with E-state index >= 15 is 0 Å². The molecule has 0 unspecified atom stereocenters. The molecule has 1 heterocycles. The second-order valence-electron chi connectivity index (χ2n) is 6.17. The molecule has 0 spiro atoms. The quantitative estimate of drug-likeness (QED) is 0.818. The van der Waals surface area contributed by atoms with Crippen molar-refractivity contribution in [3.8, 4) is 0 Å². The van der Waals surface area contributed by atoms with Crippen LogP contribution in [0.15, 0.2) is 46.9 Å². The summed E-state index contributed by atoms with van der Waals surface area (Å²) in [5.74, 6) is -2.23. The van der Waals surface area contributed by atoms with E-state index in [4.69, 9.17) is 0 Å². The number of halogens is 3. The van der Waals surface area contributed by atoms with Gasteiger partial charge in [-0.15, -0.1) is 0 Å². The largest absolute Gasteiger partial charge is 0.349 e. The van der Waals surface area contributed by atoms with E-state index in [-0.39, 0.29) is 17.5 Å². The van der Waals surface area contributed by atoms with Crippen LogP contribution >= 0.6 is 15.9 Å².